The molecule has 0 aliphatic heterocycles. The smallest absolute Gasteiger partial charge is 0.234 e. The molecule has 1 aliphatic carbocycles. The van der Waals surface area contributed by atoms with Gasteiger partial charge >= 0.3 is 0 Å². The summed E-state index contributed by atoms with van der Waals surface area (Å²) in [5.41, 5.74) is 1.15. The molecule has 0 bridgehead atoms. The molecule has 0 heterocycles. The first-order chi connectivity index (χ1) is 10.1. The molecular formula is C16H24N2O3. The number of carbonyl (C=O) groups excluding carboxylic acids is 1. The largest absolute Gasteiger partial charge is 0.493 e. The number of methoxy groups -OCH3 is 2. The van der Waals surface area contributed by atoms with E-state index in [9.17, 15) is 4.79 Å². The van der Waals surface area contributed by atoms with E-state index in [1.165, 1.54) is 0 Å². The van der Waals surface area contributed by atoms with Crippen molar-refractivity contribution >= 4 is 5.91 Å². The molecule has 2 rings (SSSR count). The molecule has 0 saturated heterocycles. The normalized spacial score (nSPS) is 15.4. The summed E-state index contributed by atoms with van der Waals surface area (Å²) in [6.45, 7) is 2.44. The third kappa shape index (κ3) is 4.93. The number of amides is 1. The van der Waals surface area contributed by atoms with Crippen LogP contribution in [0.15, 0.2) is 18.2 Å². The molecule has 116 valence electrons. The van der Waals surface area contributed by atoms with Crippen LogP contribution in [0.5, 0.6) is 11.5 Å². The first-order valence-corrected chi connectivity index (χ1v) is 7.36. The Balaban J connectivity index is 1.80. The Morgan fingerprint density at radius 3 is 2.62 bits per heavy atom. The Hall–Kier alpha value is -1.75. The van der Waals surface area contributed by atoms with E-state index in [0.717, 1.165) is 36.3 Å². The van der Waals surface area contributed by atoms with Crippen LogP contribution in [-0.2, 0) is 11.2 Å². The van der Waals surface area contributed by atoms with Crippen LogP contribution >= 0.6 is 0 Å². The van der Waals surface area contributed by atoms with Crippen LogP contribution in [0.25, 0.3) is 0 Å². The predicted molar refractivity (Wildman–Crippen MR) is 81.9 cm³/mol. The van der Waals surface area contributed by atoms with Crippen molar-refractivity contribution in [3.05, 3.63) is 23.8 Å². The van der Waals surface area contributed by atoms with Gasteiger partial charge < -0.3 is 20.1 Å². The van der Waals surface area contributed by atoms with E-state index in [0.29, 0.717) is 12.6 Å². The van der Waals surface area contributed by atoms with Crippen LogP contribution in [-0.4, -0.2) is 38.8 Å². The molecule has 1 aromatic carbocycles. The lowest BCUT2D eigenvalue weighted by molar-refractivity contribution is -0.120. The fraction of sp³-hybridized carbons (Fsp3) is 0.562. The first-order valence-electron chi connectivity index (χ1n) is 7.36. The van der Waals surface area contributed by atoms with E-state index in [1.54, 1.807) is 14.2 Å². The summed E-state index contributed by atoms with van der Waals surface area (Å²) in [5, 5.41) is 6.21. The molecule has 1 amide bonds. The van der Waals surface area contributed by atoms with Crippen molar-refractivity contribution in [3.63, 3.8) is 0 Å². The summed E-state index contributed by atoms with van der Waals surface area (Å²) in [4.78, 5) is 11.6. The maximum atomic E-state index is 11.6. The van der Waals surface area contributed by atoms with Gasteiger partial charge in [-0.15, -0.1) is 0 Å². The van der Waals surface area contributed by atoms with Gasteiger partial charge in [0.25, 0.3) is 0 Å². The monoisotopic (exact) mass is 292 g/mol. The summed E-state index contributed by atoms with van der Waals surface area (Å²) < 4.78 is 10.5. The van der Waals surface area contributed by atoms with Crippen molar-refractivity contribution in [2.45, 2.75) is 38.3 Å². The number of rotatable bonds is 8. The maximum Gasteiger partial charge on any atom is 0.234 e. The second-order valence-corrected chi connectivity index (χ2v) is 5.52. The Labute approximate surface area is 126 Å². The standard InChI is InChI=1S/C16H24N2O3/c1-11(17-10-16(19)18-13-5-6-13)8-12-4-7-14(20-2)15(9-12)21-3/h4,7,9,11,13,17H,5-6,8,10H2,1-3H3,(H,18,19). The van der Waals surface area contributed by atoms with Gasteiger partial charge in [-0.3, -0.25) is 4.79 Å². The van der Waals surface area contributed by atoms with E-state index in [4.69, 9.17) is 9.47 Å². The maximum absolute atomic E-state index is 11.6. The van der Waals surface area contributed by atoms with E-state index >= 15 is 0 Å². The molecule has 5 heteroatoms. The molecule has 1 atom stereocenters. The molecule has 0 spiro atoms. The SMILES string of the molecule is COc1ccc(CC(C)NCC(=O)NC2CC2)cc1OC. The molecule has 1 aliphatic rings. The molecule has 1 fully saturated rings. The summed E-state index contributed by atoms with van der Waals surface area (Å²) in [6.07, 6.45) is 3.07. The van der Waals surface area contributed by atoms with Crippen molar-refractivity contribution in [2.24, 2.45) is 0 Å². The summed E-state index contributed by atoms with van der Waals surface area (Å²) in [6, 6.07) is 6.53. The molecule has 1 aromatic rings. The van der Waals surface area contributed by atoms with Gasteiger partial charge in [-0.1, -0.05) is 6.07 Å². The van der Waals surface area contributed by atoms with Gasteiger partial charge in [-0.2, -0.15) is 0 Å². The van der Waals surface area contributed by atoms with Gasteiger partial charge in [0.15, 0.2) is 11.5 Å². The van der Waals surface area contributed by atoms with Crippen LogP contribution in [0, 0.1) is 0 Å². The topological polar surface area (TPSA) is 59.6 Å². The molecule has 1 saturated carbocycles. The lowest BCUT2D eigenvalue weighted by atomic mass is 10.1. The highest BCUT2D eigenvalue weighted by Crippen LogP contribution is 2.27. The minimum atomic E-state index is 0.0802. The van der Waals surface area contributed by atoms with Gasteiger partial charge in [0.1, 0.15) is 0 Å². The van der Waals surface area contributed by atoms with Crippen molar-refractivity contribution in [1.29, 1.82) is 0 Å². The van der Waals surface area contributed by atoms with Crippen LogP contribution in [0.3, 0.4) is 0 Å². The zero-order chi connectivity index (χ0) is 15.2. The van der Waals surface area contributed by atoms with Gasteiger partial charge in [-0.25, -0.2) is 0 Å². The average Bonchev–Trinajstić information content (AvgIpc) is 3.29. The molecule has 0 radical (unpaired) electrons. The number of benzene rings is 1. The lowest BCUT2D eigenvalue weighted by Gasteiger charge is -2.15. The van der Waals surface area contributed by atoms with Gasteiger partial charge in [0.05, 0.1) is 20.8 Å². The van der Waals surface area contributed by atoms with Gasteiger partial charge in [-0.05, 0) is 43.9 Å². The average molecular weight is 292 g/mol. The quantitative estimate of drug-likeness (QED) is 0.762. The van der Waals surface area contributed by atoms with Crippen molar-refractivity contribution in [1.82, 2.24) is 10.6 Å². The zero-order valence-electron chi connectivity index (χ0n) is 12.9. The van der Waals surface area contributed by atoms with Crippen molar-refractivity contribution in [2.75, 3.05) is 20.8 Å². The third-order valence-corrected chi connectivity index (χ3v) is 3.54. The first kappa shape index (κ1) is 15.6. The van der Waals surface area contributed by atoms with Gasteiger partial charge in [0.2, 0.25) is 5.91 Å². The molecule has 0 aromatic heterocycles. The van der Waals surface area contributed by atoms with Crippen LogP contribution in [0.4, 0.5) is 0 Å². The second-order valence-electron chi connectivity index (χ2n) is 5.52. The van der Waals surface area contributed by atoms with Gasteiger partial charge in [0, 0.05) is 12.1 Å². The minimum Gasteiger partial charge on any atom is -0.493 e. The number of ether oxygens (including phenoxy) is 2. The fourth-order valence-electron chi connectivity index (χ4n) is 2.21. The van der Waals surface area contributed by atoms with Crippen LogP contribution in [0.1, 0.15) is 25.3 Å². The molecule has 5 nitrogen and oxygen atoms in total. The Morgan fingerprint density at radius 1 is 1.29 bits per heavy atom. The summed E-state index contributed by atoms with van der Waals surface area (Å²) in [7, 11) is 3.26. The van der Waals surface area contributed by atoms with Crippen LogP contribution in [0.2, 0.25) is 0 Å². The minimum absolute atomic E-state index is 0.0802. The molecular weight excluding hydrogens is 268 g/mol. The number of nitrogens with one attached hydrogen (secondary N) is 2. The second kappa shape index (κ2) is 7.31. The van der Waals surface area contributed by atoms with E-state index in [1.807, 2.05) is 18.2 Å². The highest BCUT2D eigenvalue weighted by Gasteiger charge is 2.23. The summed E-state index contributed by atoms with van der Waals surface area (Å²) >= 11 is 0. The molecule has 21 heavy (non-hydrogen) atoms. The number of hydrogen-bond donors (Lipinski definition) is 2. The molecule has 2 N–H and O–H groups in total. The Morgan fingerprint density at radius 2 is 2.00 bits per heavy atom. The van der Waals surface area contributed by atoms with E-state index < -0.39 is 0 Å². The molecule has 1 unspecified atom stereocenters. The Bertz CT molecular complexity index is 486. The summed E-state index contributed by atoms with van der Waals surface area (Å²) in [5.74, 6) is 1.54. The van der Waals surface area contributed by atoms with Crippen LogP contribution < -0.4 is 20.1 Å². The predicted octanol–water partition coefficient (Wildman–Crippen LogP) is 1.50. The zero-order valence-corrected chi connectivity index (χ0v) is 12.9. The van der Waals surface area contributed by atoms with Crippen molar-refractivity contribution in [3.8, 4) is 11.5 Å². The van der Waals surface area contributed by atoms with Crippen molar-refractivity contribution < 1.29 is 14.3 Å². The third-order valence-electron chi connectivity index (χ3n) is 3.54. The van der Waals surface area contributed by atoms with E-state index in [-0.39, 0.29) is 11.9 Å². The lowest BCUT2D eigenvalue weighted by Crippen LogP contribution is -2.39. The highest BCUT2D eigenvalue weighted by molar-refractivity contribution is 5.78. The highest BCUT2D eigenvalue weighted by atomic mass is 16.5. The Kier molecular flexibility index (Phi) is 5.44. The van der Waals surface area contributed by atoms with E-state index in [2.05, 4.69) is 17.6 Å². The fourth-order valence-corrected chi connectivity index (χ4v) is 2.21. The number of hydrogen-bond acceptors (Lipinski definition) is 4. The number of carbonyl (C=O) groups is 1.